The standard InChI is InChI=1S/C19H18Cl2O4.C15H10Cl2O4/c1-3-24-18(22)16(19(23)25-4-2)13-8-5-7-12(11-13)14-9-6-10-15(20)17(14)21;16-11-6-2-5-10(13(11)17)8-3-1-4-9(7-8)12(14(18)19)15(20)21/h5-11,16H,3-4H2,1-2H3;1-7,12H,(H,18,19)(H,20,21). The number of carboxylic acids is 2. The van der Waals surface area contributed by atoms with Crippen molar-refractivity contribution in [3.05, 3.63) is 116 Å². The van der Waals surface area contributed by atoms with E-state index in [1.165, 1.54) is 12.1 Å². The number of ether oxygens (including phenoxy) is 2. The maximum absolute atomic E-state index is 12.3. The van der Waals surface area contributed by atoms with Crippen molar-refractivity contribution in [2.45, 2.75) is 25.7 Å². The molecule has 8 nitrogen and oxygen atoms in total. The Balaban J connectivity index is 0.000000254. The van der Waals surface area contributed by atoms with E-state index < -0.39 is 35.7 Å². The Morgan fingerprint density at radius 1 is 0.587 bits per heavy atom. The molecule has 2 N–H and O–H groups in total. The summed E-state index contributed by atoms with van der Waals surface area (Å²) in [5, 5.41) is 19.6. The molecule has 240 valence electrons. The second kappa shape index (κ2) is 17.0. The minimum atomic E-state index is -1.62. The zero-order valence-electron chi connectivity index (χ0n) is 24.5. The number of carboxylic acid groups (broad SMARTS) is 2. The van der Waals surface area contributed by atoms with E-state index in [1.807, 2.05) is 12.1 Å². The van der Waals surface area contributed by atoms with Crippen molar-refractivity contribution in [3.8, 4) is 22.3 Å². The van der Waals surface area contributed by atoms with Crippen molar-refractivity contribution < 1.29 is 38.9 Å². The molecular formula is C34H28Cl4O8. The van der Waals surface area contributed by atoms with Gasteiger partial charge in [0.1, 0.15) is 0 Å². The highest BCUT2D eigenvalue weighted by Crippen LogP contribution is 2.36. The number of halogens is 4. The van der Waals surface area contributed by atoms with Crippen LogP contribution in [-0.4, -0.2) is 47.3 Å². The molecule has 0 saturated carbocycles. The van der Waals surface area contributed by atoms with E-state index in [0.29, 0.717) is 42.3 Å². The Bertz CT molecular complexity index is 1710. The molecule has 0 aliphatic rings. The summed E-state index contributed by atoms with van der Waals surface area (Å²) in [4.78, 5) is 46.7. The minimum absolute atomic E-state index is 0.170. The van der Waals surface area contributed by atoms with E-state index in [9.17, 15) is 19.2 Å². The lowest BCUT2D eigenvalue weighted by Gasteiger charge is -2.16. The monoisotopic (exact) mass is 704 g/mol. The number of carbonyl (C=O) groups is 4. The molecule has 0 fully saturated rings. The van der Waals surface area contributed by atoms with Crippen LogP contribution in [0.1, 0.15) is 36.8 Å². The molecular weight excluding hydrogens is 678 g/mol. The van der Waals surface area contributed by atoms with E-state index in [0.717, 1.165) is 5.56 Å². The van der Waals surface area contributed by atoms with E-state index in [4.69, 9.17) is 66.1 Å². The summed E-state index contributed by atoms with van der Waals surface area (Å²) in [7, 11) is 0. The lowest BCUT2D eigenvalue weighted by atomic mass is 9.95. The number of benzene rings is 4. The molecule has 0 aromatic heterocycles. The van der Waals surface area contributed by atoms with Crippen molar-refractivity contribution in [1.82, 2.24) is 0 Å². The van der Waals surface area contributed by atoms with Gasteiger partial charge in [0, 0.05) is 11.1 Å². The molecule has 0 aliphatic carbocycles. The van der Waals surface area contributed by atoms with Crippen LogP contribution >= 0.6 is 46.4 Å². The number of esters is 2. The fourth-order valence-electron chi connectivity index (χ4n) is 4.44. The number of hydrogen-bond donors (Lipinski definition) is 2. The molecule has 12 heteroatoms. The van der Waals surface area contributed by atoms with Crippen LogP contribution in [0, 0.1) is 0 Å². The van der Waals surface area contributed by atoms with E-state index in [1.54, 1.807) is 74.5 Å². The second-order valence-corrected chi connectivity index (χ2v) is 11.1. The third-order valence-electron chi connectivity index (χ3n) is 6.50. The maximum atomic E-state index is 12.3. The van der Waals surface area contributed by atoms with Crippen molar-refractivity contribution >= 4 is 70.3 Å². The van der Waals surface area contributed by atoms with Crippen molar-refractivity contribution in [2.75, 3.05) is 13.2 Å². The maximum Gasteiger partial charge on any atom is 0.324 e. The topological polar surface area (TPSA) is 127 Å². The first kappa shape index (κ1) is 36.4. The molecule has 0 aliphatic heterocycles. The molecule has 0 unspecified atom stereocenters. The zero-order valence-corrected chi connectivity index (χ0v) is 27.5. The van der Waals surface area contributed by atoms with Crippen molar-refractivity contribution in [1.29, 1.82) is 0 Å². The summed E-state index contributed by atoms with van der Waals surface area (Å²) in [5.74, 6) is -6.89. The molecule has 0 heterocycles. The highest BCUT2D eigenvalue weighted by molar-refractivity contribution is 6.44. The molecule has 4 aromatic rings. The number of rotatable bonds is 10. The summed E-state index contributed by atoms with van der Waals surface area (Å²) >= 11 is 24.4. The fraction of sp³-hybridized carbons (Fsp3) is 0.176. The van der Waals surface area contributed by atoms with Gasteiger partial charge in [0.05, 0.1) is 33.3 Å². The molecule has 0 saturated heterocycles. The first-order valence-corrected chi connectivity index (χ1v) is 15.3. The van der Waals surface area contributed by atoms with Crippen LogP contribution in [-0.2, 0) is 28.7 Å². The van der Waals surface area contributed by atoms with Gasteiger partial charge in [-0.15, -0.1) is 0 Å². The van der Waals surface area contributed by atoms with Gasteiger partial charge in [-0.25, -0.2) is 0 Å². The van der Waals surface area contributed by atoms with Gasteiger partial charge in [0.15, 0.2) is 11.8 Å². The third kappa shape index (κ3) is 9.01. The number of hydrogen-bond acceptors (Lipinski definition) is 6. The Hall–Kier alpha value is -4.08. The highest BCUT2D eigenvalue weighted by atomic mass is 35.5. The van der Waals surface area contributed by atoms with Gasteiger partial charge in [0.2, 0.25) is 0 Å². The van der Waals surface area contributed by atoms with Crippen LogP contribution in [0.5, 0.6) is 0 Å². The van der Waals surface area contributed by atoms with E-state index in [-0.39, 0.29) is 18.8 Å². The van der Waals surface area contributed by atoms with E-state index >= 15 is 0 Å². The van der Waals surface area contributed by atoms with Crippen LogP contribution in [0.4, 0.5) is 0 Å². The lowest BCUT2D eigenvalue weighted by molar-refractivity contribution is -0.157. The Morgan fingerprint density at radius 3 is 1.33 bits per heavy atom. The summed E-state index contributed by atoms with van der Waals surface area (Å²) in [6, 6.07) is 23.6. The first-order valence-electron chi connectivity index (χ1n) is 13.8. The Kier molecular flexibility index (Phi) is 13.5. The van der Waals surface area contributed by atoms with Gasteiger partial charge in [-0.05, 0) is 60.4 Å². The predicted molar refractivity (Wildman–Crippen MR) is 178 cm³/mol. The molecule has 0 atom stereocenters. The number of carbonyl (C=O) groups excluding carboxylic acids is 2. The van der Waals surface area contributed by atoms with Gasteiger partial charge in [-0.3, -0.25) is 19.2 Å². The molecule has 0 radical (unpaired) electrons. The van der Waals surface area contributed by atoms with Gasteiger partial charge in [-0.1, -0.05) is 107 Å². The Morgan fingerprint density at radius 2 is 0.957 bits per heavy atom. The van der Waals surface area contributed by atoms with Gasteiger partial charge < -0.3 is 19.7 Å². The summed E-state index contributed by atoms with van der Waals surface area (Å²) < 4.78 is 10.1. The molecule has 4 rings (SSSR count). The minimum Gasteiger partial charge on any atom is -0.480 e. The average Bonchev–Trinajstić information content (AvgIpc) is 3.00. The predicted octanol–water partition coefficient (Wildman–Crippen LogP) is 8.78. The molecule has 0 amide bonds. The average molecular weight is 706 g/mol. The van der Waals surface area contributed by atoms with Crippen LogP contribution in [0.25, 0.3) is 22.3 Å². The SMILES string of the molecule is CCOC(=O)C(C(=O)OCC)c1cccc(-c2cccc(Cl)c2Cl)c1.O=C(O)C(C(=O)O)c1cccc(-c2cccc(Cl)c2Cl)c1. The molecule has 4 aromatic carbocycles. The summed E-state index contributed by atoms with van der Waals surface area (Å²) in [6.45, 7) is 3.72. The fourth-order valence-corrected chi connectivity index (χ4v) is 5.25. The molecule has 46 heavy (non-hydrogen) atoms. The zero-order chi connectivity index (χ0) is 34.0. The highest BCUT2D eigenvalue weighted by Gasteiger charge is 2.32. The quantitative estimate of drug-likeness (QED) is 0.124. The van der Waals surface area contributed by atoms with Crippen LogP contribution < -0.4 is 0 Å². The smallest absolute Gasteiger partial charge is 0.324 e. The number of aliphatic carboxylic acids is 2. The third-order valence-corrected chi connectivity index (χ3v) is 8.14. The van der Waals surface area contributed by atoms with Crippen molar-refractivity contribution in [3.63, 3.8) is 0 Å². The van der Waals surface area contributed by atoms with Gasteiger partial charge in [0.25, 0.3) is 0 Å². The van der Waals surface area contributed by atoms with E-state index in [2.05, 4.69) is 0 Å². The van der Waals surface area contributed by atoms with Crippen LogP contribution in [0.2, 0.25) is 20.1 Å². The van der Waals surface area contributed by atoms with Crippen LogP contribution in [0.3, 0.4) is 0 Å². The van der Waals surface area contributed by atoms with Gasteiger partial charge in [-0.2, -0.15) is 0 Å². The van der Waals surface area contributed by atoms with Gasteiger partial charge >= 0.3 is 23.9 Å². The normalized spacial score (nSPS) is 10.6. The summed E-state index contributed by atoms with van der Waals surface area (Å²) in [5.41, 5.74) is 3.31. The Labute approximate surface area is 285 Å². The van der Waals surface area contributed by atoms with Crippen LogP contribution in [0.15, 0.2) is 84.9 Å². The summed E-state index contributed by atoms with van der Waals surface area (Å²) in [6.07, 6.45) is 0. The largest absolute Gasteiger partial charge is 0.480 e. The first-order chi connectivity index (χ1) is 21.9. The molecule has 0 bridgehead atoms. The van der Waals surface area contributed by atoms with Crippen molar-refractivity contribution in [2.24, 2.45) is 0 Å². The molecule has 0 spiro atoms. The lowest BCUT2D eigenvalue weighted by Crippen LogP contribution is -2.26. The second-order valence-electron chi connectivity index (χ2n) is 9.50.